The van der Waals surface area contributed by atoms with Crippen molar-refractivity contribution in [3.05, 3.63) is 21.0 Å². The predicted octanol–water partition coefficient (Wildman–Crippen LogP) is 2.96. The van der Waals surface area contributed by atoms with Crippen LogP contribution in [0.1, 0.15) is 11.3 Å². The maximum Gasteiger partial charge on any atom is 0.573 e. The summed E-state index contributed by atoms with van der Waals surface area (Å²) in [6.45, 7) is 1.62. The molecule has 7 heteroatoms. The van der Waals surface area contributed by atoms with Gasteiger partial charge >= 0.3 is 6.36 Å². The zero-order valence-electron chi connectivity index (χ0n) is 8.10. The Bertz CT molecular complexity index is 440. The van der Waals surface area contributed by atoms with Crippen molar-refractivity contribution in [2.75, 3.05) is 0 Å². The Balaban J connectivity index is 3.22. The summed E-state index contributed by atoms with van der Waals surface area (Å²) in [5, 5.41) is 8.47. The van der Waals surface area contributed by atoms with Crippen LogP contribution >= 0.6 is 22.6 Å². The molecule has 0 atom stereocenters. The summed E-state index contributed by atoms with van der Waals surface area (Å²) >= 11 is 1.74. The molecule has 3 nitrogen and oxygen atoms in total. The lowest BCUT2D eigenvalue weighted by Crippen LogP contribution is -2.19. The van der Waals surface area contributed by atoms with Gasteiger partial charge in [0.1, 0.15) is 0 Å². The van der Waals surface area contributed by atoms with Crippen LogP contribution in [0.3, 0.4) is 0 Å². The Hall–Kier alpha value is -1.04. The van der Waals surface area contributed by atoms with Crippen LogP contribution in [-0.4, -0.2) is 11.3 Å². The number of halogens is 4. The van der Waals surface area contributed by atoms with E-state index < -0.39 is 6.36 Å². The third-order valence-electron chi connectivity index (χ3n) is 1.69. The topological polar surface area (TPSA) is 45.9 Å². The molecule has 0 N–H and O–H groups in total. The fourth-order valence-corrected chi connectivity index (χ4v) is 1.58. The van der Waals surface area contributed by atoms with Crippen LogP contribution in [0.5, 0.6) is 5.75 Å². The van der Waals surface area contributed by atoms with Crippen LogP contribution in [0.25, 0.3) is 0 Å². The maximum atomic E-state index is 12.1. The van der Waals surface area contributed by atoms with Gasteiger partial charge in [-0.25, -0.2) is 0 Å². The van der Waals surface area contributed by atoms with Gasteiger partial charge in [0.2, 0.25) is 0 Å². The summed E-state index contributed by atoms with van der Waals surface area (Å²) in [4.78, 5) is 3.76. The molecule has 1 aromatic heterocycles. The van der Waals surface area contributed by atoms with Gasteiger partial charge in [0.25, 0.3) is 0 Å². The Morgan fingerprint density at radius 2 is 2.19 bits per heavy atom. The average molecular weight is 342 g/mol. The monoisotopic (exact) mass is 342 g/mol. The second-order valence-corrected chi connectivity index (χ2v) is 3.99. The summed E-state index contributed by atoms with van der Waals surface area (Å²) in [6, 6.07) is 1.74. The molecule has 0 aromatic carbocycles. The van der Waals surface area contributed by atoms with E-state index in [0.29, 0.717) is 9.13 Å². The number of pyridine rings is 1. The van der Waals surface area contributed by atoms with Crippen molar-refractivity contribution in [2.45, 2.75) is 19.7 Å². The second kappa shape index (κ2) is 4.86. The van der Waals surface area contributed by atoms with E-state index in [0.717, 1.165) is 0 Å². The Labute approximate surface area is 103 Å². The Morgan fingerprint density at radius 1 is 1.56 bits per heavy atom. The maximum absolute atomic E-state index is 12.1. The van der Waals surface area contributed by atoms with Gasteiger partial charge in [-0.2, -0.15) is 5.26 Å². The summed E-state index contributed by atoms with van der Waals surface area (Å²) in [5.41, 5.74) is 0.566. The number of hydrogen-bond acceptors (Lipinski definition) is 3. The van der Waals surface area contributed by atoms with Crippen LogP contribution in [0, 0.1) is 21.8 Å². The summed E-state index contributed by atoms with van der Waals surface area (Å²) in [6.07, 6.45) is -3.58. The summed E-state index contributed by atoms with van der Waals surface area (Å²) < 4.78 is 40.6. The molecular formula is C9H6F3IN2O. The van der Waals surface area contributed by atoms with E-state index in [1.807, 2.05) is 0 Å². The minimum Gasteiger partial charge on any atom is -0.403 e. The fourth-order valence-electron chi connectivity index (χ4n) is 1.02. The molecule has 0 aliphatic rings. The third kappa shape index (κ3) is 3.23. The quantitative estimate of drug-likeness (QED) is 0.777. The van der Waals surface area contributed by atoms with Crippen LogP contribution in [0.4, 0.5) is 13.2 Å². The van der Waals surface area contributed by atoms with Crippen molar-refractivity contribution < 1.29 is 17.9 Å². The van der Waals surface area contributed by atoms with Crippen molar-refractivity contribution in [3.8, 4) is 11.8 Å². The normalized spacial score (nSPS) is 11.0. The van der Waals surface area contributed by atoms with Crippen molar-refractivity contribution >= 4 is 22.6 Å². The van der Waals surface area contributed by atoms with Crippen molar-refractivity contribution in [2.24, 2.45) is 0 Å². The highest BCUT2D eigenvalue weighted by Gasteiger charge is 2.33. The van der Waals surface area contributed by atoms with E-state index in [1.165, 1.54) is 6.20 Å². The first-order valence-corrected chi connectivity index (χ1v) is 5.19. The molecule has 0 saturated carbocycles. The largest absolute Gasteiger partial charge is 0.573 e. The Morgan fingerprint density at radius 3 is 2.69 bits per heavy atom. The first-order valence-electron chi connectivity index (χ1n) is 4.12. The number of aryl methyl sites for hydroxylation is 1. The minimum absolute atomic E-state index is 0.00479. The van der Waals surface area contributed by atoms with E-state index in [-0.39, 0.29) is 17.9 Å². The molecule has 1 heterocycles. The van der Waals surface area contributed by atoms with Crippen LogP contribution in [-0.2, 0) is 6.42 Å². The number of alkyl halides is 3. The molecule has 0 bridgehead atoms. The van der Waals surface area contributed by atoms with Gasteiger partial charge in [-0.05, 0) is 35.1 Å². The first-order chi connectivity index (χ1) is 7.35. The first kappa shape index (κ1) is 13.0. The van der Waals surface area contributed by atoms with Crippen molar-refractivity contribution in [1.29, 1.82) is 5.26 Å². The molecule has 0 radical (unpaired) electrons. The molecule has 16 heavy (non-hydrogen) atoms. The average Bonchev–Trinajstić information content (AvgIpc) is 2.16. The van der Waals surface area contributed by atoms with E-state index in [2.05, 4.69) is 9.72 Å². The summed E-state index contributed by atoms with van der Waals surface area (Å²) in [7, 11) is 0. The molecule has 1 rings (SSSR count). The van der Waals surface area contributed by atoms with E-state index in [1.54, 1.807) is 35.6 Å². The lowest BCUT2D eigenvalue weighted by Gasteiger charge is -2.14. The highest BCUT2D eigenvalue weighted by atomic mass is 127. The zero-order valence-corrected chi connectivity index (χ0v) is 10.3. The van der Waals surface area contributed by atoms with Crippen LogP contribution in [0.15, 0.2) is 6.20 Å². The number of ether oxygens (including phenoxy) is 1. The van der Waals surface area contributed by atoms with Crippen molar-refractivity contribution in [3.63, 3.8) is 0 Å². The molecule has 0 saturated heterocycles. The fraction of sp³-hybridized carbons (Fsp3) is 0.333. The molecule has 0 spiro atoms. The number of hydrogen-bond donors (Lipinski definition) is 0. The van der Waals surface area contributed by atoms with Crippen LogP contribution < -0.4 is 4.74 Å². The number of aromatic nitrogens is 1. The van der Waals surface area contributed by atoms with Crippen molar-refractivity contribution in [1.82, 2.24) is 4.98 Å². The molecule has 86 valence electrons. The van der Waals surface area contributed by atoms with Gasteiger partial charge in [0.05, 0.1) is 21.8 Å². The highest BCUT2D eigenvalue weighted by molar-refractivity contribution is 14.1. The molecule has 0 aliphatic carbocycles. The smallest absolute Gasteiger partial charge is 0.403 e. The summed E-state index contributed by atoms with van der Waals surface area (Å²) in [5.74, 6) is -0.380. The van der Waals surface area contributed by atoms with Gasteiger partial charge in [0.15, 0.2) is 5.75 Å². The molecule has 0 amide bonds. The second-order valence-electron chi connectivity index (χ2n) is 2.91. The van der Waals surface area contributed by atoms with Gasteiger partial charge in [-0.1, -0.05) is 0 Å². The molecule has 0 unspecified atom stereocenters. The zero-order chi connectivity index (χ0) is 12.3. The van der Waals surface area contributed by atoms with Gasteiger partial charge in [-0.3, -0.25) is 4.98 Å². The van der Waals surface area contributed by atoms with Crippen LogP contribution in [0.2, 0.25) is 0 Å². The SMILES string of the molecule is Cc1cnc(CC#N)c(OC(F)(F)F)c1I. The van der Waals surface area contributed by atoms with Gasteiger partial charge in [-0.15, -0.1) is 13.2 Å². The minimum atomic E-state index is -4.78. The molecule has 1 aromatic rings. The lowest BCUT2D eigenvalue weighted by molar-refractivity contribution is -0.275. The van der Waals surface area contributed by atoms with E-state index >= 15 is 0 Å². The van der Waals surface area contributed by atoms with Gasteiger partial charge < -0.3 is 4.74 Å². The number of rotatable bonds is 2. The van der Waals surface area contributed by atoms with E-state index in [9.17, 15) is 13.2 Å². The van der Waals surface area contributed by atoms with E-state index in [4.69, 9.17) is 5.26 Å². The standard InChI is InChI=1S/C9H6F3IN2O/c1-5-4-15-6(2-3-14)8(7(5)13)16-9(10,11)12/h4H,2H2,1H3. The molecule has 0 aliphatic heterocycles. The number of nitriles is 1. The molecular weight excluding hydrogens is 336 g/mol. The van der Waals surface area contributed by atoms with Gasteiger partial charge in [0, 0.05) is 6.20 Å². The lowest BCUT2D eigenvalue weighted by atomic mass is 10.2. The highest BCUT2D eigenvalue weighted by Crippen LogP contribution is 2.32. The third-order valence-corrected chi connectivity index (χ3v) is 3.03. The predicted molar refractivity (Wildman–Crippen MR) is 57.7 cm³/mol. The number of nitrogens with zero attached hydrogens (tertiary/aromatic N) is 2. The Kier molecular flexibility index (Phi) is 3.96. The molecule has 0 fully saturated rings.